The van der Waals surface area contributed by atoms with Gasteiger partial charge in [0.15, 0.2) is 5.65 Å². The lowest BCUT2D eigenvalue weighted by Gasteiger charge is -1.95. The molecule has 12 heavy (non-hydrogen) atoms. The minimum absolute atomic E-state index is 0.504. The van der Waals surface area contributed by atoms with Crippen LogP contribution in [0.5, 0.6) is 0 Å². The molecule has 0 bridgehead atoms. The topological polar surface area (TPSA) is 66.5 Å². The molecule has 2 aromatic rings. The number of fused-ring (bicyclic) bond motifs is 1. The Morgan fingerprint density at radius 3 is 3.25 bits per heavy atom. The van der Waals surface area contributed by atoms with Crippen LogP contribution in [0.3, 0.4) is 0 Å². The molecule has 0 atom stereocenters. The molecule has 2 N–H and O–H groups in total. The van der Waals surface area contributed by atoms with Gasteiger partial charge in [-0.2, -0.15) is 4.98 Å². The SMILES string of the molecule is C=CNc1ncc2[nH]cnc2n1. The molecule has 5 heteroatoms. The fraction of sp³-hybridized carbons (Fsp3) is 0. The summed E-state index contributed by atoms with van der Waals surface area (Å²) in [5, 5.41) is 2.78. The molecule has 0 fully saturated rings. The van der Waals surface area contributed by atoms with Crippen molar-refractivity contribution >= 4 is 17.1 Å². The molecule has 60 valence electrons. The zero-order valence-electron chi connectivity index (χ0n) is 6.28. The van der Waals surface area contributed by atoms with Crippen molar-refractivity contribution in [2.75, 3.05) is 5.32 Å². The molecule has 0 unspecified atom stereocenters. The Morgan fingerprint density at radius 1 is 1.50 bits per heavy atom. The third kappa shape index (κ3) is 1.01. The van der Waals surface area contributed by atoms with Crippen molar-refractivity contribution in [3.05, 3.63) is 25.3 Å². The molecule has 0 aliphatic rings. The van der Waals surface area contributed by atoms with Crippen LogP contribution in [0.15, 0.2) is 25.3 Å². The maximum Gasteiger partial charge on any atom is 0.228 e. The predicted molar refractivity (Wildman–Crippen MR) is 45.5 cm³/mol. The normalized spacial score (nSPS) is 10.0. The second-order valence-electron chi connectivity index (χ2n) is 2.18. The average Bonchev–Trinajstić information content (AvgIpc) is 2.51. The van der Waals surface area contributed by atoms with Crippen LogP contribution in [-0.2, 0) is 0 Å². The van der Waals surface area contributed by atoms with Crippen molar-refractivity contribution in [3.63, 3.8) is 0 Å². The molecule has 0 radical (unpaired) electrons. The van der Waals surface area contributed by atoms with E-state index in [9.17, 15) is 0 Å². The van der Waals surface area contributed by atoms with Crippen LogP contribution in [0, 0.1) is 0 Å². The lowest BCUT2D eigenvalue weighted by molar-refractivity contribution is 1.19. The Kier molecular flexibility index (Phi) is 1.48. The molecule has 0 saturated heterocycles. The summed E-state index contributed by atoms with van der Waals surface area (Å²) in [6.07, 6.45) is 4.77. The fourth-order valence-electron chi connectivity index (χ4n) is 0.897. The van der Waals surface area contributed by atoms with Crippen molar-refractivity contribution < 1.29 is 0 Å². The highest BCUT2D eigenvalue weighted by atomic mass is 15.1. The highest BCUT2D eigenvalue weighted by molar-refractivity contribution is 5.69. The van der Waals surface area contributed by atoms with Crippen LogP contribution in [-0.4, -0.2) is 19.9 Å². The average molecular weight is 161 g/mol. The van der Waals surface area contributed by atoms with Gasteiger partial charge in [0, 0.05) is 0 Å². The Balaban J connectivity index is 2.52. The Morgan fingerprint density at radius 2 is 2.42 bits per heavy atom. The number of rotatable bonds is 2. The van der Waals surface area contributed by atoms with Gasteiger partial charge in [-0.15, -0.1) is 0 Å². The lowest BCUT2D eigenvalue weighted by Crippen LogP contribution is -1.93. The highest BCUT2D eigenvalue weighted by Gasteiger charge is 1.98. The van der Waals surface area contributed by atoms with Gasteiger partial charge in [0.05, 0.1) is 12.5 Å². The van der Waals surface area contributed by atoms with Crippen LogP contribution in [0.4, 0.5) is 5.95 Å². The van der Waals surface area contributed by atoms with Gasteiger partial charge in [-0.3, -0.25) is 0 Å². The summed E-state index contributed by atoms with van der Waals surface area (Å²) in [7, 11) is 0. The molecule has 0 amide bonds. The quantitative estimate of drug-likeness (QED) is 0.687. The van der Waals surface area contributed by atoms with Crippen LogP contribution in [0.2, 0.25) is 0 Å². The maximum atomic E-state index is 4.09. The van der Waals surface area contributed by atoms with Gasteiger partial charge in [0.2, 0.25) is 5.95 Å². The molecule has 0 aliphatic heterocycles. The Bertz CT molecular complexity index is 405. The van der Waals surface area contributed by atoms with Gasteiger partial charge < -0.3 is 10.3 Å². The molecule has 2 rings (SSSR count). The summed E-state index contributed by atoms with van der Waals surface area (Å²) >= 11 is 0. The highest BCUT2D eigenvalue weighted by Crippen LogP contribution is 2.06. The van der Waals surface area contributed by atoms with Gasteiger partial charge in [0.1, 0.15) is 5.52 Å². The molecular formula is C7H7N5. The van der Waals surface area contributed by atoms with Gasteiger partial charge in [-0.25, -0.2) is 9.97 Å². The summed E-state index contributed by atoms with van der Waals surface area (Å²) in [6, 6.07) is 0. The molecule has 0 aromatic carbocycles. The first-order valence-corrected chi connectivity index (χ1v) is 3.44. The van der Waals surface area contributed by atoms with Crippen LogP contribution in [0.25, 0.3) is 11.2 Å². The van der Waals surface area contributed by atoms with Gasteiger partial charge in [-0.05, 0) is 6.20 Å². The monoisotopic (exact) mass is 161 g/mol. The third-order valence-electron chi connectivity index (χ3n) is 1.41. The fourth-order valence-corrected chi connectivity index (χ4v) is 0.897. The number of hydrogen-bond donors (Lipinski definition) is 2. The number of aromatic amines is 1. The summed E-state index contributed by atoms with van der Waals surface area (Å²) in [6.45, 7) is 3.50. The third-order valence-corrected chi connectivity index (χ3v) is 1.41. The predicted octanol–water partition coefficient (Wildman–Crippen LogP) is 0.908. The van der Waals surface area contributed by atoms with E-state index >= 15 is 0 Å². The van der Waals surface area contributed by atoms with Gasteiger partial charge in [-0.1, -0.05) is 6.58 Å². The molecule has 2 aromatic heterocycles. The van der Waals surface area contributed by atoms with Crippen LogP contribution in [0.1, 0.15) is 0 Å². The second-order valence-corrected chi connectivity index (χ2v) is 2.18. The van der Waals surface area contributed by atoms with Crippen molar-refractivity contribution in [2.24, 2.45) is 0 Å². The smallest absolute Gasteiger partial charge is 0.228 e. The van der Waals surface area contributed by atoms with Crippen LogP contribution < -0.4 is 5.32 Å². The zero-order valence-corrected chi connectivity index (χ0v) is 6.28. The van der Waals surface area contributed by atoms with Crippen molar-refractivity contribution in [1.82, 2.24) is 19.9 Å². The zero-order chi connectivity index (χ0) is 8.39. The summed E-state index contributed by atoms with van der Waals surface area (Å²) < 4.78 is 0. The minimum Gasteiger partial charge on any atom is -0.342 e. The molecule has 2 heterocycles. The van der Waals surface area contributed by atoms with Crippen molar-refractivity contribution in [1.29, 1.82) is 0 Å². The Labute approximate surface area is 68.6 Å². The van der Waals surface area contributed by atoms with E-state index in [1.54, 1.807) is 12.5 Å². The number of aromatic nitrogens is 4. The number of nitrogens with zero attached hydrogens (tertiary/aromatic N) is 3. The molecule has 0 spiro atoms. The van der Waals surface area contributed by atoms with Gasteiger partial charge in [0.25, 0.3) is 0 Å². The second kappa shape index (κ2) is 2.61. The molecule has 0 aliphatic carbocycles. The first-order chi connectivity index (χ1) is 5.90. The van der Waals surface area contributed by atoms with Gasteiger partial charge >= 0.3 is 0 Å². The first-order valence-electron chi connectivity index (χ1n) is 3.44. The minimum atomic E-state index is 0.504. The standard InChI is InChI=1S/C7H7N5/c1-2-8-7-9-3-5-6(12-7)11-4-10-5/h2-4H,1H2,(H2,8,9,10,11,12). The molecular weight excluding hydrogens is 154 g/mol. The van der Waals surface area contributed by atoms with E-state index in [4.69, 9.17) is 0 Å². The lowest BCUT2D eigenvalue weighted by atomic mass is 10.6. The summed E-state index contributed by atoms with van der Waals surface area (Å²) in [5.41, 5.74) is 1.47. The summed E-state index contributed by atoms with van der Waals surface area (Å²) in [4.78, 5) is 15.0. The van der Waals surface area contributed by atoms with E-state index in [1.807, 2.05) is 0 Å². The number of H-pyrrole nitrogens is 1. The molecule has 5 nitrogen and oxygen atoms in total. The van der Waals surface area contributed by atoms with E-state index in [-0.39, 0.29) is 0 Å². The number of anilines is 1. The first kappa shape index (κ1) is 6.78. The van der Waals surface area contributed by atoms with E-state index < -0.39 is 0 Å². The summed E-state index contributed by atoms with van der Waals surface area (Å²) in [5.74, 6) is 0.504. The molecule has 0 saturated carbocycles. The van der Waals surface area contributed by atoms with Crippen LogP contribution >= 0.6 is 0 Å². The number of nitrogens with one attached hydrogen (secondary N) is 2. The van der Waals surface area contributed by atoms with E-state index in [2.05, 4.69) is 31.8 Å². The number of imidazole rings is 1. The number of hydrogen-bond acceptors (Lipinski definition) is 4. The van der Waals surface area contributed by atoms with E-state index in [1.165, 1.54) is 6.20 Å². The largest absolute Gasteiger partial charge is 0.342 e. The Hall–Kier alpha value is -1.91. The van der Waals surface area contributed by atoms with Crippen molar-refractivity contribution in [2.45, 2.75) is 0 Å². The van der Waals surface area contributed by atoms with E-state index in [0.29, 0.717) is 11.6 Å². The van der Waals surface area contributed by atoms with Crippen molar-refractivity contribution in [3.8, 4) is 0 Å². The maximum absolute atomic E-state index is 4.09. The van der Waals surface area contributed by atoms with E-state index in [0.717, 1.165) is 5.52 Å².